The monoisotopic (exact) mass is 356 g/mol. The van der Waals surface area contributed by atoms with Gasteiger partial charge in [0.1, 0.15) is 0 Å². The Morgan fingerprint density at radius 1 is 0.792 bits per heavy atom. The van der Waals surface area contributed by atoms with Crippen molar-refractivity contribution in [2.75, 3.05) is 12.4 Å². The molecule has 0 saturated heterocycles. The van der Waals surface area contributed by atoms with Crippen LogP contribution in [0.1, 0.15) is 103 Å². The molecule has 0 rings (SSSR count). The number of unbranched alkanes of at least 4 members (excludes halogenated alkanes) is 11. The minimum atomic E-state index is -0.0468. The molecule has 0 N–H and O–H groups in total. The maximum atomic E-state index is 11.4. The summed E-state index contributed by atoms with van der Waals surface area (Å²) in [5, 5.41) is 0. The lowest BCUT2D eigenvalue weighted by molar-refractivity contribution is -0.143. The minimum absolute atomic E-state index is 0.0468. The third-order valence-electron chi connectivity index (χ3n) is 4.21. The minimum Gasteiger partial charge on any atom is -0.466 e. The number of hydrogen-bond donors (Lipinski definition) is 1. The van der Waals surface area contributed by atoms with Gasteiger partial charge in [-0.05, 0) is 44.3 Å². The number of thiol groups is 1. The summed E-state index contributed by atoms with van der Waals surface area (Å²) in [6.45, 7) is 2.79. The molecule has 0 aliphatic carbocycles. The van der Waals surface area contributed by atoms with Gasteiger partial charge in [0.25, 0.3) is 0 Å². The summed E-state index contributed by atoms with van der Waals surface area (Å²) in [5.74, 6) is 0.732. The van der Waals surface area contributed by atoms with E-state index in [-0.39, 0.29) is 5.97 Å². The molecular formula is C21H40O2S. The molecule has 0 spiro atoms. The smallest absolute Gasteiger partial charge is 0.305 e. The Bertz CT molecular complexity index is 290. The molecule has 0 aliphatic rings. The van der Waals surface area contributed by atoms with Crippen molar-refractivity contribution in [1.82, 2.24) is 0 Å². The van der Waals surface area contributed by atoms with Gasteiger partial charge in [0, 0.05) is 6.42 Å². The van der Waals surface area contributed by atoms with Crippen LogP contribution in [-0.4, -0.2) is 18.3 Å². The van der Waals surface area contributed by atoms with Crippen molar-refractivity contribution in [2.45, 2.75) is 103 Å². The third kappa shape index (κ3) is 19.6. The van der Waals surface area contributed by atoms with E-state index in [0.29, 0.717) is 13.0 Å². The van der Waals surface area contributed by atoms with Gasteiger partial charge in [-0.1, -0.05) is 70.4 Å². The van der Waals surface area contributed by atoms with Crippen LogP contribution in [0.25, 0.3) is 0 Å². The van der Waals surface area contributed by atoms with Crippen molar-refractivity contribution in [1.29, 1.82) is 0 Å². The Kier molecular flexibility index (Phi) is 20.2. The van der Waals surface area contributed by atoms with E-state index in [4.69, 9.17) is 4.74 Å². The van der Waals surface area contributed by atoms with Gasteiger partial charge in [-0.2, -0.15) is 12.6 Å². The summed E-state index contributed by atoms with van der Waals surface area (Å²) >= 11 is 4.09. The van der Waals surface area contributed by atoms with Crippen LogP contribution in [0.5, 0.6) is 0 Å². The first kappa shape index (κ1) is 23.6. The highest BCUT2D eigenvalue weighted by Crippen LogP contribution is 2.10. The van der Waals surface area contributed by atoms with Gasteiger partial charge in [0.05, 0.1) is 6.61 Å². The molecule has 2 nitrogen and oxygen atoms in total. The van der Waals surface area contributed by atoms with Gasteiger partial charge in [0.15, 0.2) is 0 Å². The second-order valence-corrected chi connectivity index (χ2v) is 7.08. The van der Waals surface area contributed by atoms with Crippen LogP contribution in [0.4, 0.5) is 0 Å². The number of rotatable bonds is 18. The molecule has 0 saturated carbocycles. The van der Waals surface area contributed by atoms with Gasteiger partial charge in [0.2, 0.25) is 0 Å². The molecule has 0 amide bonds. The zero-order valence-electron chi connectivity index (χ0n) is 15.9. The number of hydrogen-bond acceptors (Lipinski definition) is 3. The van der Waals surface area contributed by atoms with Crippen molar-refractivity contribution >= 4 is 18.6 Å². The summed E-state index contributed by atoms with van der Waals surface area (Å²) in [6.07, 6.45) is 22.8. The highest BCUT2D eigenvalue weighted by molar-refractivity contribution is 7.80. The Morgan fingerprint density at radius 2 is 1.33 bits per heavy atom. The highest BCUT2D eigenvalue weighted by Gasteiger charge is 2.01. The summed E-state index contributed by atoms with van der Waals surface area (Å²) in [6, 6.07) is 0. The summed E-state index contributed by atoms with van der Waals surface area (Å²) in [7, 11) is 0. The van der Waals surface area contributed by atoms with Crippen LogP contribution in [0.3, 0.4) is 0 Å². The number of carbonyl (C=O) groups excluding carboxylic acids is 1. The van der Waals surface area contributed by atoms with Crippen LogP contribution >= 0.6 is 12.6 Å². The largest absolute Gasteiger partial charge is 0.466 e. The van der Waals surface area contributed by atoms with E-state index in [1.807, 2.05) is 0 Å². The Balaban J connectivity index is 3.16. The molecule has 0 bridgehead atoms. The van der Waals surface area contributed by atoms with Crippen molar-refractivity contribution in [3.05, 3.63) is 12.2 Å². The summed E-state index contributed by atoms with van der Waals surface area (Å²) in [4.78, 5) is 11.4. The second-order valence-electron chi connectivity index (χ2n) is 6.63. The Labute approximate surface area is 156 Å². The van der Waals surface area contributed by atoms with E-state index < -0.39 is 0 Å². The van der Waals surface area contributed by atoms with Gasteiger partial charge in [-0.15, -0.1) is 0 Å². The molecule has 0 aromatic rings. The molecule has 3 heteroatoms. The fraction of sp³-hybridized carbons (Fsp3) is 0.857. The predicted octanol–water partition coefficient (Wildman–Crippen LogP) is 6.89. The summed E-state index contributed by atoms with van der Waals surface area (Å²) < 4.78 is 5.10. The molecule has 0 atom stereocenters. The number of esters is 1. The van der Waals surface area contributed by atoms with Crippen LogP contribution < -0.4 is 0 Å². The molecular weight excluding hydrogens is 316 g/mol. The topological polar surface area (TPSA) is 26.3 Å². The Hall–Kier alpha value is -0.440. The molecule has 142 valence electrons. The van der Waals surface area contributed by atoms with Gasteiger partial charge in [-0.25, -0.2) is 0 Å². The van der Waals surface area contributed by atoms with Gasteiger partial charge >= 0.3 is 5.97 Å². The van der Waals surface area contributed by atoms with E-state index in [1.54, 1.807) is 0 Å². The number of allylic oxidation sites excluding steroid dienone is 2. The molecule has 0 fully saturated rings. The first-order chi connectivity index (χ1) is 11.8. The average Bonchev–Trinajstić information content (AvgIpc) is 2.58. The normalized spacial score (nSPS) is 11.2. The first-order valence-electron chi connectivity index (χ1n) is 10.2. The standard InChI is InChI=1S/C21H40O2S/c1-2-3-4-5-6-7-8-9-10-11-12-13-14-15-16-18-21(22)23-19-17-20-24/h9-10,24H,2-8,11-20H2,1H3/b10-9-. The molecule has 24 heavy (non-hydrogen) atoms. The van der Waals surface area contributed by atoms with Crippen molar-refractivity contribution in [3.63, 3.8) is 0 Å². The average molecular weight is 357 g/mol. The van der Waals surface area contributed by atoms with Gasteiger partial charge in [-0.3, -0.25) is 4.79 Å². The molecule has 0 heterocycles. The quantitative estimate of drug-likeness (QED) is 0.125. The van der Waals surface area contributed by atoms with Crippen molar-refractivity contribution in [3.8, 4) is 0 Å². The lowest BCUT2D eigenvalue weighted by Crippen LogP contribution is -2.05. The summed E-state index contributed by atoms with van der Waals surface area (Å²) in [5.41, 5.74) is 0. The lowest BCUT2D eigenvalue weighted by atomic mass is 10.1. The van der Waals surface area contributed by atoms with E-state index in [0.717, 1.165) is 25.0 Å². The predicted molar refractivity (Wildman–Crippen MR) is 109 cm³/mol. The second kappa shape index (κ2) is 20.6. The van der Waals surface area contributed by atoms with E-state index in [1.165, 1.54) is 70.6 Å². The number of ether oxygens (including phenoxy) is 1. The SMILES string of the molecule is CCCCCCCC/C=C\CCCCCCCC(=O)OCCCS. The zero-order chi connectivity index (χ0) is 17.7. The van der Waals surface area contributed by atoms with Crippen molar-refractivity contribution < 1.29 is 9.53 Å². The maximum Gasteiger partial charge on any atom is 0.305 e. The van der Waals surface area contributed by atoms with E-state index >= 15 is 0 Å². The molecule has 0 aromatic heterocycles. The van der Waals surface area contributed by atoms with Gasteiger partial charge < -0.3 is 4.74 Å². The molecule has 0 aromatic carbocycles. The molecule has 0 unspecified atom stereocenters. The van der Waals surface area contributed by atoms with Crippen LogP contribution in [0, 0.1) is 0 Å². The van der Waals surface area contributed by atoms with Crippen molar-refractivity contribution in [2.24, 2.45) is 0 Å². The van der Waals surface area contributed by atoms with E-state index in [2.05, 4.69) is 31.7 Å². The van der Waals surface area contributed by atoms with E-state index in [9.17, 15) is 4.79 Å². The number of carbonyl (C=O) groups is 1. The third-order valence-corrected chi connectivity index (χ3v) is 4.52. The fourth-order valence-electron chi connectivity index (χ4n) is 2.66. The lowest BCUT2D eigenvalue weighted by Gasteiger charge is -2.03. The zero-order valence-corrected chi connectivity index (χ0v) is 16.8. The Morgan fingerprint density at radius 3 is 1.92 bits per heavy atom. The van der Waals surface area contributed by atoms with Crippen LogP contribution in [0.15, 0.2) is 12.2 Å². The molecule has 0 aliphatic heterocycles. The maximum absolute atomic E-state index is 11.4. The highest BCUT2D eigenvalue weighted by atomic mass is 32.1. The molecule has 0 radical (unpaired) electrons. The van der Waals surface area contributed by atoms with Crippen LogP contribution in [-0.2, 0) is 9.53 Å². The first-order valence-corrected chi connectivity index (χ1v) is 10.9. The van der Waals surface area contributed by atoms with Crippen LogP contribution in [0.2, 0.25) is 0 Å². The fourth-order valence-corrected chi connectivity index (χ4v) is 2.79.